The lowest BCUT2D eigenvalue weighted by Crippen LogP contribution is -2.19. The van der Waals surface area contributed by atoms with Crippen molar-refractivity contribution in [1.82, 2.24) is 10.1 Å². The summed E-state index contributed by atoms with van der Waals surface area (Å²) in [6.07, 6.45) is 1.77. The van der Waals surface area contributed by atoms with Gasteiger partial charge in [0.1, 0.15) is 0 Å². The maximum Gasteiger partial charge on any atom is 0.227 e. The van der Waals surface area contributed by atoms with Crippen LogP contribution < -0.4 is 5.73 Å². The molecule has 1 heterocycles. The van der Waals surface area contributed by atoms with Gasteiger partial charge in [-0.05, 0) is 58.9 Å². The fourth-order valence-corrected chi connectivity index (χ4v) is 2.76. The Morgan fingerprint density at radius 1 is 1.38 bits per heavy atom. The van der Waals surface area contributed by atoms with Gasteiger partial charge in [0.15, 0.2) is 0 Å². The largest absolute Gasteiger partial charge is 0.339 e. The Morgan fingerprint density at radius 2 is 2.14 bits per heavy atom. The first-order valence-corrected chi connectivity index (χ1v) is 8.14. The second-order valence-electron chi connectivity index (χ2n) is 5.58. The number of hydrogen-bond acceptors (Lipinski definition) is 4. The predicted molar refractivity (Wildman–Crippen MR) is 88.1 cm³/mol. The molecule has 0 aliphatic carbocycles. The smallest absolute Gasteiger partial charge is 0.227 e. The number of nitrogens with zero attached hydrogens (tertiary/aromatic N) is 2. The fourth-order valence-electron chi connectivity index (χ4n) is 2.27. The van der Waals surface area contributed by atoms with Crippen molar-refractivity contribution in [3.05, 3.63) is 33.6 Å². The number of hydrogen-bond donors (Lipinski definition) is 1. The Balaban J connectivity index is 2.11. The van der Waals surface area contributed by atoms with Gasteiger partial charge in [-0.15, -0.1) is 0 Å². The van der Waals surface area contributed by atoms with Crippen LogP contribution in [0.25, 0.3) is 11.4 Å². The Hall–Kier alpha value is -0.910. The van der Waals surface area contributed by atoms with E-state index in [1.807, 2.05) is 12.1 Å². The third kappa shape index (κ3) is 4.53. The lowest BCUT2D eigenvalue weighted by atomic mass is 9.94. The van der Waals surface area contributed by atoms with Gasteiger partial charge in [-0.1, -0.05) is 30.6 Å². The molecule has 1 atom stereocenters. The topological polar surface area (TPSA) is 64.9 Å². The molecule has 0 aliphatic rings. The fraction of sp³-hybridized carbons (Fsp3) is 0.467. The van der Waals surface area contributed by atoms with Crippen LogP contribution in [0.2, 0.25) is 5.02 Å². The van der Waals surface area contributed by atoms with E-state index in [1.54, 1.807) is 6.07 Å². The lowest BCUT2D eigenvalue weighted by molar-refractivity contribution is 0.332. The van der Waals surface area contributed by atoms with Gasteiger partial charge in [0.25, 0.3) is 0 Å². The first-order chi connectivity index (χ1) is 9.99. The average molecular weight is 373 g/mol. The Labute approximate surface area is 138 Å². The molecule has 0 saturated heterocycles. The van der Waals surface area contributed by atoms with Crippen molar-refractivity contribution in [3.63, 3.8) is 0 Å². The molecule has 2 rings (SSSR count). The summed E-state index contributed by atoms with van der Waals surface area (Å²) in [5.41, 5.74) is 6.68. The van der Waals surface area contributed by atoms with Crippen molar-refractivity contribution in [2.75, 3.05) is 6.54 Å². The summed E-state index contributed by atoms with van der Waals surface area (Å²) in [6.45, 7) is 5.00. The van der Waals surface area contributed by atoms with Crippen molar-refractivity contribution in [2.24, 2.45) is 17.6 Å². The van der Waals surface area contributed by atoms with Crippen LogP contribution in [0.15, 0.2) is 27.2 Å². The average Bonchev–Trinajstić information content (AvgIpc) is 2.89. The van der Waals surface area contributed by atoms with E-state index in [4.69, 9.17) is 21.9 Å². The van der Waals surface area contributed by atoms with E-state index in [-0.39, 0.29) is 0 Å². The molecular formula is C15H19BrClN3O. The zero-order valence-electron chi connectivity index (χ0n) is 12.1. The second kappa shape index (κ2) is 7.38. The van der Waals surface area contributed by atoms with Crippen molar-refractivity contribution >= 4 is 27.5 Å². The number of halogens is 2. The Bertz CT molecular complexity index is 600. The molecule has 4 nitrogen and oxygen atoms in total. The van der Waals surface area contributed by atoms with E-state index in [9.17, 15) is 0 Å². The van der Waals surface area contributed by atoms with Crippen LogP contribution in [-0.2, 0) is 6.42 Å². The minimum absolute atomic E-state index is 0.371. The molecule has 1 aromatic heterocycles. The monoisotopic (exact) mass is 371 g/mol. The van der Waals surface area contributed by atoms with Gasteiger partial charge < -0.3 is 10.3 Å². The number of nitrogens with two attached hydrogens (primary N) is 1. The summed E-state index contributed by atoms with van der Waals surface area (Å²) in [4.78, 5) is 4.45. The van der Waals surface area contributed by atoms with Crippen molar-refractivity contribution < 1.29 is 4.52 Å². The van der Waals surface area contributed by atoms with Gasteiger partial charge in [-0.3, -0.25) is 0 Å². The van der Waals surface area contributed by atoms with Gasteiger partial charge in [0.2, 0.25) is 11.7 Å². The molecule has 1 aromatic carbocycles. The molecule has 2 aromatic rings. The summed E-state index contributed by atoms with van der Waals surface area (Å²) in [5.74, 6) is 2.18. The number of rotatable bonds is 6. The first kappa shape index (κ1) is 16.5. The highest BCUT2D eigenvalue weighted by molar-refractivity contribution is 9.10. The van der Waals surface area contributed by atoms with Crippen LogP contribution in [0.3, 0.4) is 0 Å². The molecule has 2 N–H and O–H groups in total. The Morgan fingerprint density at radius 3 is 2.76 bits per heavy atom. The molecule has 0 fully saturated rings. The molecule has 114 valence electrons. The SMILES string of the molecule is CC(C)CC(CN)Cc1nc(-c2ccc(Cl)c(Br)c2)no1. The molecule has 6 heteroatoms. The van der Waals surface area contributed by atoms with Crippen LogP contribution in [0.5, 0.6) is 0 Å². The molecule has 21 heavy (non-hydrogen) atoms. The van der Waals surface area contributed by atoms with Crippen LogP contribution >= 0.6 is 27.5 Å². The van der Waals surface area contributed by atoms with E-state index in [0.29, 0.717) is 35.1 Å². The van der Waals surface area contributed by atoms with E-state index < -0.39 is 0 Å². The maximum absolute atomic E-state index is 5.98. The van der Waals surface area contributed by atoms with Crippen LogP contribution in [0, 0.1) is 11.8 Å². The highest BCUT2D eigenvalue weighted by Gasteiger charge is 2.16. The summed E-state index contributed by atoms with van der Waals surface area (Å²) in [6, 6.07) is 5.56. The first-order valence-electron chi connectivity index (χ1n) is 6.97. The molecule has 0 radical (unpaired) electrons. The Kier molecular flexibility index (Phi) is 5.79. The third-order valence-electron chi connectivity index (χ3n) is 3.25. The van der Waals surface area contributed by atoms with Crippen molar-refractivity contribution in [2.45, 2.75) is 26.7 Å². The van der Waals surface area contributed by atoms with Gasteiger partial charge in [-0.2, -0.15) is 4.98 Å². The highest BCUT2D eigenvalue weighted by Crippen LogP contribution is 2.27. The van der Waals surface area contributed by atoms with Crippen LogP contribution in [0.4, 0.5) is 0 Å². The molecule has 0 saturated carbocycles. The van der Waals surface area contributed by atoms with E-state index in [1.165, 1.54) is 0 Å². The highest BCUT2D eigenvalue weighted by atomic mass is 79.9. The summed E-state index contributed by atoms with van der Waals surface area (Å²) in [5, 5.41) is 4.69. The van der Waals surface area contributed by atoms with Crippen molar-refractivity contribution in [1.29, 1.82) is 0 Å². The zero-order valence-corrected chi connectivity index (χ0v) is 14.5. The minimum Gasteiger partial charge on any atom is -0.339 e. The summed E-state index contributed by atoms with van der Waals surface area (Å²) < 4.78 is 6.15. The minimum atomic E-state index is 0.371. The zero-order chi connectivity index (χ0) is 15.4. The van der Waals surface area contributed by atoms with Gasteiger partial charge in [-0.25, -0.2) is 0 Å². The summed E-state index contributed by atoms with van der Waals surface area (Å²) in [7, 11) is 0. The third-order valence-corrected chi connectivity index (χ3v) is 4.46. The predicted octanol–water partition coefficient (Wildman–Crippen LogP) is 4.32. The normalized spacial score (nSPS) is 12.9. The molecule has 0 aliphatic heterocycles. The molecule has 0 bridgehead atoms. The van der Waals surface area contributed by atoms with Gasteiger partial charge in [0, 0.05) is 16.5 Å². The van der Waals surface area contributed by atoms with E-state index in [0.717, 1.165) is 22.9 Å². The van der Waals surface area contributed by atoms with E-state index >= 15 is 0 Å². The van der Waals surface area contributed by atoms with Gasteiger partial charge in [0.05, 0.1) is 5.02 Å². The quantitative estimate of drug-likeness (QED) is 0.820. The lowest BCUT2D eigenvalue weighted by Gasteiger charge is -2.14. The maximum atomic E-state index is 5.98. The van der Waals surface area contributed by atoms with Crippen LogP contribution in [0.1, 0.15) is 26.2 Å². The molecule has 1 unspecified atom stereocenters. The van der Waals surface area contributed by atoms with Gasteiger partial charge >= 0.3 is 0 Å². The number of benzene rings is 1. The van der Waals surface area contributed by atoms with Crippen molar-refractivity contribution in [3.8, 4) is 11.4 Å². The molecule has 0 spiro atoms. The standard InChI is InChI=1S/C15H19BrClN3O/c1-9(2)5-10(8-18)6-14-19-15(20-21-14)11-3-4-13(17)12(16)7-11/h3-4,7,9-10H,5-6,8,18H2,1-2H3. The second-order valence-corrected chi connectivity index (χ2v) is 6.84. The molecular weight excluding hydrogens is 354 g/mol. The molecule has 0 amide bonds. The summed E-state index contributed by atoms with van der Waals surface area (Å²) >= 11 is 9.38. The van der Waals surface area contributed by atoms with Crippen LogP contribution in [-0.4, -0.2) is 16.7 Å². The number of aromatic nitrogens is 2. The van der Waals surface area contributed by atoms with E-state index in [2.05, 4.69) is 39.9 Å².